The van der Waals surface area contributed by atoms with Crippen LogP contribution in [0.4, 0.5) is 10.5 Å². The van der Waals surface area contributed by atoms with E-state index in [1.807, 2.05) is 14.0 Å². The van der Waals surface area contributed by atoms with E-state index >= 15 is 0 Å². The van der Waals surface area contributed by atoms with Crippen LogP contribution in [0.15, 0.2) is 18.2 Å². The molecule has 1 rings (SSSR count). The van der Waals surface area contributed by atoms with E-state index in [0.29, 0.717) is 18.0 Å². The van der Waals surface area contributed by atoms with E-state index in [2.05, 4.69) is 15.5 Å². The highest BCUT2D eigenvalue weighted by molar-refractivity contribution is 5.94. The van der Waals surface area contributed by atoms with Crippen LogP contribution in [0, 0.1) is 0 Å². The quantitative estimate of drug-likeness (QED) is 0.708. The first kappa shape index (κ1) is 16.8. The summed E-state index contributed by atoms with van der Waals surface area (Å²) in [5.41, 5.74) is 0.399. The second kappa shape index (κ2) is 8.11. The second-order valence-electron chi connectivity index (χ2n) is 4.50. The highest BCUT2D eigenvalue weighted by Gasteiger charge is 2.11. The lowest BCUT2D eigenvalue weighted by Gasteiger charge is -2.15. The van der Waals surface area contributed by atoms with E-state index in [4.69, 9.17) is 9.84 Å². The van der Waals surface area contributed by atoms with Gasteiger partial charge >= 0.3 is 12.0 Å². The van der Waals surface area contributed by atoms with Gasteiger partial charge < -0.3 is 25.4 Å². The van der Waals surface area contributed by atoms with E-state index in [0.717, 1.165) is 13.1 Å². The fraction of sp³-hybridized carbons (Fsp3) is 0.429. The van der Waals surface area contributed by atoms with E-state index in [9.17, 15) is 9.59 Å². The van der Waals surface area contributed by atoms with Gasteiger partial charge in [-0.25, -0.2) is 9.59 Å². The lowest BCUT2D eigenvalue weighted by Crippen LogP contribution is -2.35. The Kier molecular flexibility index (Phi) is 6.48. The molecule has 7 heteroatoms. The molecule has 7 nitrogen and oxygen atoms in total. The third-order valence-corrected chi connectivity index (χ3v) is 3.01. The van der Waals surface area contributed by atoms with Crippen LogP contribution in [-0.4, -0.2) is 55.8 Å². The van der Waals surface area contributed by atoms with Crippen molar-refractivity contribution in [2.45, 2.75) is 6.92 Å². The maximum atomic E-state index is 11.8. The normalized spacial score (nSPS) is 10.3. The molecule has 0 radical (unpaired) electrons. The number of benzene rings is 1. The Morgan fingerprint density at radius 1 is 1.38 bits per heavy atom. The van der Waals surface area contributed by atoms with Crippen LogP contribution >= 0.6 is 0 Å². The summed E-state index contributed by atoms with van der Waals surface area (Å²) in [6.45, 7) is 4.16. The largest absolute Gasteiger partial charge is 0.495 e. The zero-order valence-electron chi connectivity index (χ0n) is 12.5. The molecule has 3 N–H and O–H groups in total. The predicted octanol–water partition coefficient (Wildman–Crippen LogP) is 1.47. The summed E-state index contributed by atoms with van der Waals surface area (Å²) >= 11 is 0. The number of nitrogens with one attached hydrogen (secondary N) is 2. The Balaban J connectivity index is 2.65. The predicted molar refractivity (Wildman–Crippen MR) is 80.1 cm³/mol. The topological polar surface area (TPSA) is 90.9 Å². The lowest BCUT2D eigenvalue weighted by molar-refractivity contribution is 0.0697. The van der Waals surface area contributed by atoms with Crippen molar-refractivity contribution in [2.75, 3.05) is 39.1 Å². The van der Waals surface area contributed by atoms with Crippen molar-refractivity contribution in [1.29, 1.82) is 0 Å². The molecule has 0 aromatic heterocycles. The molecule has 1 aromatic rings. The number of carbonyl (C=O) groups excluding carboxylic acids is 1. The number of nitrogens with zero attached hydrogens (tertiary/aromatic N) is 1. The number of hydrogen-bond acceptors (Lipinski definition) is 4. The molecule has 0 spiro atoms. The van der Waals surface area contributed by atoms with Crippen molar-refractivity contribution >= 4 is 17.7 Å². The van der Waals surface area contributed by atoms with Crippen molar-refractivity contribution in [3.8, 4) is 5.75 Å². The first-order valence-electron chi connectivity index (χ1n) is 6.62. The van der Waals surface area contributed by atoms with Crippen LogP contribution < -0.4 is 15.4 Å². The van der Waals surface area contributed by atoms with Crippen LogP contribution in [0.25, 0.3) is 0 Å². The standard InChI is InChI=1S/C14H21N3O4/c1-4-17(2)8-7-15-14(20)16-11-9-10(13(18)19)5-6-12(11)21-3/h5-6,9H,4,7-8H2,1-3H3,(H,18,19)(H2,15,16,20). The molecule has 0 unspecified atom stereocenters. The molecular formula is C14H21N3O4. The molecule has 2 amide bonds. The van der Waals surface area contributed by atoms with Crippen molar-refractivity contribution in [2.24, 2.45) is 0 Å². The van der Waals surface area contributed by atoms with Gasteiger partial charge in [-0.05, 0) is 31.8 Å². The number of carboxylic acid groups (broad SMARTS) is 1. The van der Waals surface area contributed by atoms with E-state index in [1.54, 1.807) is 0 Å². The smallest absolute Gasteiger partial charge is 0.335 e. The van der Waals surface area contributed by atoms with Gasteiger partial charge in [0.05, 0.1) is 18.4 Å². The average molecular weight is 295 g/mol. The van der Waals surface area contributed by atoms with E-state index in [-0.39, 0.29) is 5.56 Å². The monoisotopic (exact) mass is 295 g/mol. The van der Waals surface area contributed by atoms with Gasteiger partial charge in [-0.15, -0.1) is 0 Å². The maximum Gasteiger partial charge on any atom is 0.335 e. The molecule has 0 saturated heterocycles. The third kappa shape index (κ3) is 5.31. The number of aromatic carboxylic acids is 1. The Morgan fingerprint density at radius 3 is 2.67 bits per heavy atom. The molecular weight excluding hydrogens is 274 g/mol. The highest BCUT2D eigenvalue weighted by Crippen LogP contribution is 2.25. The highest BCUT2D eigenvalue weighted by atomic mass is 16.5. The number of amides is 2. The van der Waals surface area contributed by atoms with Gasteiger partial charge in [-0.3, -0.25) is 0 Å². The number of ether oxygens (including phenoxy) is 1. The molecule has 0 aliphatic heterocycles. The Morgan fingerprint density at radius 2 is 2.10 bits per heavy atom. The summed E-state index contributed by atoms with van der Waals surface area (Å²) in [6, 6.07) is 3.88. The van der Waals surface area contributed by atoms with Crippen LogP contribution in [0.2, 0.25) is 0 Å². The van der Waals surface area contributed by atoms with Crippen LogP contribution in [0.3, 0.4) is 0 Å². The van der Waals surface area contributed by atoms with Crippen molar-refractivity contribution in [3.05, 3.63) is 23.8 Å². The van der Waals surface area contributed by atoms with Gasteiger partial charge in [0, 0.05) is 13.1 Å². The summed E-state index contributed by atoms with van der Waals surface area (Å²) in [4.78, 5) is 24.8. The SMILES string of the molecule is CCN(C)CCNC(=O)Nc1cc(C(=O)O)ccc1OC. The molecule has 0 aliphatic carbocycles. The van der Waals surface area contributed by atoms with Crippen molar-refractivity contribution in [1.82, 2.24) is 10.2 Å². The summed E-state index contributed by atoms with van der Waals surface area (Å²) in [5, 5.41) is 14.3. The molecule has 0 aliphatic rings. The second-order valence-corrected chi connectivity index (χ2v) is 4.50. The summed E-state index contributed by atoms with van der Waals surface area (Å²) in [7, 11) is 3.41. The molecule has 1 aromatic carbocycles. The summed E-state index contributed by atoms with van der Waals surface area (Å²) in [6.07, 6.45) is 0. The van der Waals surface area contributed by atoms with Crippen LogP contribution in [0.1, 0.15) is 17.3 Å². The maximum absolute atomic E-state index is 11.8. The van der Waals surface area contributed by atoms with Gasteiger partial charge in [0.1, 0.15) is 5.75 Å². The minimum absolute atomic E-state index is 0.0804. The lowest BCUT2D eigenvalue weighted by atomic mass is 10.2. The Labute approximate surface area is 123 Å². The molecule has 0 fully saturated rings. The van der Waals surface area contributed by atoms with Gasteiger partial charge in [0.25, 0.3) is 0 Å². The number of carbonyl (C=O) groups is 2. The Hall–Kier alpha value is -2.28. The van der Waals surface area contributed by atoms with Gasteiger partial charge in [0.15, 0.2) is 0 Å². The molecule has 0 atom stereocenters. The van der Waals surface area contributed by atoms with E-state index < -0.39 is 12.0 Å². The average Bonchev–Trinajstić information content (AvgIpc) is 2.46. The van der Waals surface area contributed by atoms with Crippen LogP contribution in [-0.2, 0) is 0 Å². The molecule has 116 valence electrons. The first-order chi connectivity index (χ1) is 9.97. The van der Waals surface area contributed by atoms with E-state index in [1.165, 1.54) is 25.3 Å². The third-order valence-electron chi connectivity index (χ3n) is 3.01. The summed E-state index contributed by atoms with van der Waals surface area (Å²) < 4.78 is 5.10. The van der Waals surface area contributed by atoms with Crippen molar-refractivity contribution in [3.63, 3.8) is 0 Å². The number of rotatable bonds is 7. The van der Waals surface area contributed by atoms with Gasteiger partial charge in [-0.2, -0.15) is 0 Å². The van der Waals surface area contributed by atoms with Crippen LogP contribution in [0.5, 0.6) is 5.75 Å². The molecule has 0 bridgehead atoms. The molecule has 21 heavy (non-hydrogen) atoms. The molecule has 0 heterocycles. The number of urea groups is 1. The fourth-order valence-corrected chi connectivity index (χ4v) is 1.62. The van der Waals surface area contributed by atoms with Crippen molar-refractivity contribution < 1.29 is 19.4 Å². The number of anilines is 1. The number of carboxylic acids is 1. The number of methoxy groups -OCH3 is 1. The van der Waals surface area contributed by atoms with Gasteiger partial charge in [-0.1, -0.05) is 6.92 Å². The fourth-order valence-electron chi connectivity index (χ4n) is 1.62. The Bertz CT molecular complexity index is 505. The molecule has 0 saturated carbocycles. The number of hydrogen-bond donors (Lipinski definition) is 3. The number of likely N-dealkylation sites (N-methyl/N-ethyl adjacent to an activating group) is 1. The summed E-state index contributed by atoms with van der Waals surface area (Å²) in [5.74, 6) is -0.661. The minimum atomic E-state index is -1.06. The first-order valence-corrected chi connectivity index (χ1v) is 6.62. The minimum Gasteiger partial charge on any atom is -0.495 e. The zero-order chi connectivity index (χ0) is 15.8. The van der Waals surface area contributed by atoms with Gasteiger partial charge in [0.2, 0.25) is 0 Å². The zero-order valence-corrected chi connectivity index (χ0v) is 12.5.